The molecule has 0 saturated carbocycles. The number of hydrogen-bond donors (Lipinski definition) is 1. The molecule has 2 rings (SSSR count). The SMILES string of the molecule is Cc1cc(C)nc(CCN2CCNCC2)n1. The van der Waals surface area contributed by atoms with E-state index in [-0.39, 0.29) is 0 Å². The maximum Gasteiger partial charge on any atom is 0.130 e. The van der Waals surface area contributed by atoms with Crippen LogP contribution in [0.2, 0.25) is 0 Å². The third-order valence-corrected chi connectivity index (χ3v) is 2.89. The van der Waals surface area contributed by atoms with Gasteiger partial charge in [0.1, 0.15) is 5.82 Å². The zero-order valence-electron chi connectivity index (χ0n) is 10.2. The zero-order chi connectivity index (χ0) is 11.4. The predicted molar refractivity (Wildman–Crippen MR) is 64.5 cm³/mol. The molecule has 1 aromatic rings. The third-order valence-electron chi connectivity index (χ3n) is 2.89. The Kier molecular flexibility index (Phi) is 3.85. The molecule has 0 radical (unpaired) electrons. The van der Waals surface area contributed by atoms with Gasteiger partial charge in [0.25, 0.3) is 0 Å². The van der Waals surface area contributed by atoms with Crippen LogP contribution in [0.4, 0.5) is 0 Å². The molecule has 1 N–H and O–H groups in total. The van der Waals surface area contributed by atoms with Crippen molar-refractivity contribution < 1.29 is 0 Å². The Morgan fingerprint density at radius 3 is 2.44 bits per heavy atom. The molecule has 88 valence electrons. The van der Waals surface area contributed by atoms with Crippen molar-refractivity contribution in [3.8, 4) is 0 Å². The molecule has 1 fully saturated rings. The first-order valence-electron chi connectivity index (χ1n) is 5.98. The van der Waals surface area contributed by atoms with Crippen molar-refractivity contribution >= 4 is 0 Å². The van der Waals surface area contributed by atoms with Crippen molar-refractivity contribution in [2.24, 2.45) is 0 Å². The molecule has 1 aliphatic heterocycles. The highest BCUT2D eigenvalue weighted by Crippen LogP contribution is 2.01. The number of nitrogens with zero attached hydrogens (tertiary/aromatic N) is 3. The zero-order valence-corrected chi connectivity index (χ0v) is 10.2. The molecule has 4 heteroatoms. The molecule has 0 amide bonds. The summed E-state index contributed by atoms with van der Waals surface area (Å²) in [6, 6.07) is 2.02. The van der Waals surface area contributed by atoms with E-state index in [0.29, 0.717) is 0 Å². The Morgan fingerprint density at radius 2 is 1.81 bits per heavy atom. The van der Waals surface area contributed by atoms with Crippen molar-refractivity contribution in [2.45, 2.75) is 20.3 Å². The average Bonchev–Trinajstić information content (AvgIpc) is 2.27. The van der Waals surface area contributed by atoms with Crippen molar-refractivity contribution in [1.82, 2.24) is 20.2 Å². The molecule has 4 nitrogen and oxygen atoms in total. The van der Waals surface area contributed by atoms with Crippen LogP contribution in [-0.4, -0.2) is 47.6 Å². The van der Waals surface area contributed by atoms with E-state index in [9.17, 15) is 0 Å². The molecular weight excluding hydrogens is 200 g/mol. The summed E-state index contributed by atoms with van der Waals surface area (Å²) in [4.78, 5) is 11.4. The van der Waals surface area contributed by atoms with E-state index in [2.05, 4.69) is 20.2 Å². The van der Waals surface area contributed by atoms with Crippen molar-refractivity contribution in [3.05, 3.63) is 23.3 Å². The van der Waals surface area contributed by atoms with Crippen LogP contribution in [0.3, 0.4) is 0 Å². The molecule has 0 spiro atoms. The third kappa shape index (κ3) is 3.25. The van der Waals surface area contributed by atoms with Gasteiger partial charge in [0.2, 0.25) is 0 Å². The number of piperazine rings is 1. The largest absolute Gasteiger partial charge is 0.314 e. The van der Waals surface area contributed by atoms with Gasteiger partial charge < -0.3 is 10.2 Å². The molecule has 1 aromatic heterocycles. The van der Waals surface area contributed by atoms with Crippen molar-refractivity contribution in [3.63, 3.8) is 0 Å². The number of aryl methyl sites for hydroxylation is 2. The normalized spacial score (nSPS) is 17.6. The minimum atomic E-state index is 0.961. The standard InChI is InChI=1S/C12H20N4/c1-10-9-11(2)15-12(14-10)3-6-16-7-4-13-5-8-16/h9,13H,3-8H2,1-2H3. The van der Waals surface area contributed by atoms with Gasteiger partial charge in [0, 0.05) is 50.5 Å². The molecule has 2 heterocycles. The minimum Gasteiger partial charge on any atom is -0.314 e. The van der Waals surface area contributed by atoms with E-state index >= 15 is 0 Å². The number of rotatable bonds is 3. The molecule has 0 bridgehead atoms. The second-order valence-electron chi connectivity index (χ2n) is 4.41. The second kappa shape index (κ2) is 5.37. The Morgan fingerprint density at radius 1 is 1.19 bits per heavy atom. The van der Waals surface area contributed by atoms with Crippen LogP contribution >= 0.6 is 0 Å². The smallest absolute Gasteiger partial charge is 0.130 e. The Hall–Kier alpha value is -1.00. The fraction of sp³-hybridized carbons (Fsp3) is 0.667. The van der Waals surface area contributed by atoms with E-state index in [1.165, 1.54) is 0 Å². The summed E-state index contributed by atoms with van der Waals surface area (Å²) in [6.45, 7) is 9.63. The molecule has 1 aliphatic rings. The van der Waals surface area contributed by atoms with Gasteiger partial charge in [-0.25, -0.2) is 9.97 Å². The fourth-order valence-corrected chi connectivity index (χ4v) is 2.10. The molecular formula is C12H20N4. The summed E-state index contributed by atoms with van der Waals surface area (Å²) in [6.07, 6.45) is 0.961. The van der Waals surface area contributed by atoms with Crippen molar-refractivity contribution in [2.75, 3.05) is 32.7 Å². The van der Waals surface area contributed by atoms with Crippen LogP contribution in [-0.2, 0) is 6.42 Å². The van der Waals surface area contributed by atoms with Gasteiger partial charge in [0.15, 0.2) is 0 Å². The van der Waals surface area contributed by atoms with Crippen LogP contribution in [0.5, 0.6) is 0 Å². The maximum atomic E-state index is 4.47. The fourth-order valence-electron chi connectivity index (χ4n) is 2.10. The van der Waals surface area contributed by atoms with Gasteiger partial charge in [-0.3, -0.25) is 0 Å². The Balaban J connectivity index is 1.88. The number of hydrogen-bond acceptors (Lipinski definition) is 4. The van der Waals surface area contributed by atoms with Crippen LogP contribution in [0, 0.1) is 13.8 Å². The van der Waals surface area contributed by atoms with Crippen LogP contribution in [0.15, 0.2) is 6.07 Å². The molecule has 0 unspecified atom stereocenters. The lowest BCUT2D eigenvalue weighted by molar-refractivity contribution is 0.242. The van der Waals surface area contributed by atoms with Crippen molar-refractivity contribution in [1.29, 1.82) is 0 Å². The molecule has 16 heavy (non-hydrogen) atoms. The topological polar surface area (TPSA) is 41.1 Å². The first-order chi connectivity index (χ1) is 7.74. The number of nitrogens with one attached hydrogen (secondary N) is 1. The molecule has 1 saturated heterocycles. The quantitative estimate of drug-likeness (QED) is 0.807. The summed E-state index contributed by atoms with van der Waals surface area (Å²) >= 11 is 0. The van der Waals surface area contributed by atoms with Crippen LogP contribution in [0.25, 0.3) is 0 Å². The van der Waals surface area contributed by atoms with Gasteiger partial charge in [-0.15, -0.1) is 0 Å². The monoisotopic (exact) mass is 220 g/mol. The van der Waals surface area contributed by atoms with E-state index < -0.39 is 0 Å². The van der Waals surface area contributed by atoms with Crippen LogP contribution < -0.4 is 5.32 Å². The van der Waals surface area contributed by atoms with Gasteiger partial charge in [-0.2, -0.15) is 0 Å². The van der Waals surface area contributed by atoms with Gasteiger partial charge in [-0.05, 0) is 19.9 Å². The highest BCUT2D eigenvalue weighted by molar-refractivity contribution is 5.08. The van der Waals surface area contributed by atoms with E-state index in [1.54, 1.807) is 0 Å². The second-order valence-corrected chi connectivity index (χ2v) is 4.41. The van der Waals surface area contributed by atoms with E-state index in [0.717, 1.165) is 56.4 Å². The molecule has 0 atom stereocenters. The lowest BCUT2D eigenvalue weighted by Gasteiger charge is -2.26. The van der Waals surface area contributed by atoms with E-state index in [1.807, 2.05) is 19.9 Å². The number of aromatic nitrogens is 2. The van der Waals surface area contributed by atoms with Gasteiger partial charge in [-0.1, -0.05) is 0 Å². The first-order valence-corrected chi connectivity index (χ1v) is 5.98. The first kappa shape index (κ1) is 11.5. The maximum absolute atomic E-state index is 4.47. The van der Waals surface area contributed by atoms with Gasteiger partial charge >= 0.3 is 0 Å². The highest BCUT2D eigenvalue weighted by atomic mass is 15.2. The summed E-state index contributed by atoms with van der Waals surface area (Å²) in [7, 11) is 0. The van der Waals surface area contributed by atoms with E-state index in [4.69, 9.17) is 0 Å². The van der Waals surface area contributed by atoms with Crippen LogP contribution in [0.1, 0.15) is 17.2 Å². The summed E-state index contributed by atoms with van der Waals surface area (Å²) < 4.78 is 0. The summed E-state index contributed by atoms with van der Waals surface area (Å²) in [5.74, 6) is 0.982. The lowest BCUT2D eigenvalue weighted by atomic mass is 10.3. The minimum absolute atomic E-state index is 0.961. The van der Waals surface area contributed by atoms with Gasteiger partial charge in [0.05, 0.1) is 0 Å². The highest BCUT2D eigenvalue weighted by Gasteiger charge is 2.09. The molecule has 0 aliphatic carbocycles. The Labute approximate surface area is 97.1 Å². The summed E-state index contributed by atoms with van der Waals surface area (Å²) in [5.41, 5.74) is 2.14. The Bertz CT molecular complexity index is 325. The summed E-state index contributed by atoms with van der Waals surface area (Å²) in [5, 5.41) is 3.36. The lowest BCUT2D eigenvalue weighted by Crippen LogP contribution is -2.44. The predicted octanol–water partition coefficient (Wildman–Crippen LogP) is 0.541. The average molecular weight is 220 g/mol. The molecule has 0 aromatic carbocycles.